The van der Waals surface area contributed by atoms with Crippen LogP contribution < -0.4 is 19.2 Å². The molecule has 2 aromatic carbocycles. The number of methoxy groups -OCH3 is 1. The number of hydrazone groups is 1. The first-order valence-electron chi connectivity index (χ1n) is 10.8. The first-order chi connectivity index (χ1) is 16.8. The fourth-order valence-corrected chi connectivity index (χ4v) is 4.12. The van der Waals surface area contributed by atoms with Crippen LogP contribution in [0.2, 0.25) is 0 Å². The topological polar surface area (TPSA) is 127 Å². The van der Waals surface area contributed by atoms with Crippen molar-refractivity contribution in [2.24, 2.45) is 5.10 Å². The predicted octanol–water partition coefficient (Wildman–Crippen LogP) is 0.849. The number of hydrogen-bond acceptors (Lipinski definition) is 8. The molecule has 11 nitrogen and oxygen atoms in total. The summed E-state index contributed by atoms with van der Waals surface area (Å²) < 4.78 is 41.4. The highest BCUT2D eigenvalue weighted by atomic mass is 32.2. The summed E-state index contributed by atoms with van der Waals surface area (Å²) >= 11 is 0. The van der Waals surface area contributed by atoms with Gasteiger partial charge in [0.1, 0.15) is 18.0 Å². The number of nitrogens with zero attached hydrogens (tertiary/aromatic N) is 3. The van der Waals surface area contributed by atoms with Crippen LogP contribution in [0.4, 0.5) is 5.69 Å². The Balaban J connectivity index is 1.52. The molecule has 1 saturated heterocycles. The molecule has 188 valence electrons. The van der Waals surface area contributed by atoms with Crippen LogP contribution in [0, 0.1) is 0 Å². The van der Waals surface area contributed by atoms with Crippen LogP contribution in [-0.2, 0) is 24.3 Å². The van der Waals surface area contributed by atoms with E-state index in [1.807, 2.05) is 0 Å². The standard InChI is InChI=1S/C23H28N4O7S/c1-32-21-6-4-3-5-20(21)27(35(2,30)31)16-22(28)25-24-15-18-7-9-19(10-8-18)34-17-23(29)26-11-13-33-14-12-26/h3-10,15H,11-14,16-17H2,1-2H3,(H,25,28)/b24-15-. The van der Waals surface area contributed by atoms with Crippen LogP contribution >= 0.6 is 0 Å². The molecule has 1 aliphatic heterocycles. The second-order valence-electron chi connectivity index (χ2n) is 7.59. The minimum Gasteiger partial charge on any atom is -0.495 e. The molecule has 0 bridgehead atoms. The van der Waals surface area contributed by atoms with Gasteiger partial charge in [0.25, 0.3) is 11.8 Å². The zero-order valence-corrected chi connectivity index (χ0v) is 20.4. The zero-order chi connectivity index (χ0) is 25.3. The molecule has 1 N–H and O–H groups in total. The molecule has 0 saturated carbocycles. The second kappa shape index (κ2) is 12.2. The van der Waals surface area contributed by atoms with Crippen molar-refractivity contribution in [3.8, 4) is 11.5 Å². The Labute approximate surface area is 204 Å². The number of anilines is 1. The predicted molar refractivity (Wildman–Crippen MR) is 130 cm³/mol. The van der Waals surface area contributed by atoms with Crippen molar-refractivity contribution < 1.29 is 32.2 Å². The van der Waals surface area contributed by atoms with Gasteiger partial charge in [-0.05, 0) is 42.0 Å². The number of rotatable bonds is 10. The minimum atomic E-state index is -3.75. The summed E-state index contributed by atoms with van der Waals surface area (Å²) in [5, 5.41) is 3.89. The minimum absolute atomic E-state index is 0.0630. The van der Waals surface area contributed by atoms with Crippen molar-refractivity contribution in [3.05, 3.63) is 54.1 Å². The van der Waals surface area contributed by atoms with Crippen LogP contribution in [0.25, 0.3) is 0 Å². The first-order valence-corrected chi connectivity index (χ1v) is 12.6. The van der Waals surface area contributed by atoms with Gasteiger partial charge in [0.05, 0.1) is 38.5 Å². The zero-order valence-electron chi connectivity index (χ0n) is 19.5. The van der Waals surface area contributed by atoms with E-state index in [0.29, 0.717) is 43.4 Å². The molecule has 1 fully saturated rings. The summed E-state index contributed by atoms with van der Waals surface area (Å²) in [5.41, 5.74) is 3.24. The van der Waals surface area contributed by atoms with Gasteiger partial charge in [-0.25, -0.2) is 13.8 Å². The monoisotopic (exact) mass is 504 g/mol. The fourth-order valence-electron chi connectivity index (χ4n) is 3.26. The Morgan fingerprint density at radius 1 is 1.14 bits per heavy atom. The summed E-state index contributed by atoms with van der Waals surface area (Å²) in [6.07, 6.45) is 2.42. The molecule has 3 rings (SSSR count). The number of sulfonamides is 1. The number of para-hydroxylation sites is 2. The molecular formula is C23H28N4O7S. The molecule has 12 heteroatoms. The van der Waals surface area contributed by atoms with Crippen LogP contribution in [0.3, 0.4) is 0 Å². The highest BCUT2D eigenvalue weighted by molar-refractivity contribution is 7.92. The van der Waals surface area contributed by atoms with E-state index in [2.05, 4.69) is 10.5 Å². The third-order valence-electron chi connectivity index (χ3n) is 5.05. The Kier molecular flexibility index (Phi) is 9.04. The van der Waals surface area contributed by atoms with Crippen LogP contribution in [0.5, 0.6) is 11.5 Å². The number of ether oxygens (including phenoxy) is 3. The highest BCUT2D eigenvalue weighted by Gasteiger charge is 2.23. The van der Waals surface area contributed by atoms with E-state index in [4.69, 9.17) is 14.2 Å². The largest absolute Gasteiger partial charge is 0.495 e. The van der Waals surface area contributed by atoms with Gasteiger partial charge in [-0.3, -0.25) is 13.9 Å². The van der Waals surface area contributed by atoms with Crippen molar-refractivity contribution in [3.63, 3.8) is 0 Å². The van der Waals surface area contributed by atoms with Crippen molar-refractivity contribution in [1.82, 2.24) is 10.3 Å². The molecule has 0 aromatic heterocycles. The van der Waals surface area contributed by atoms with Gasteiger partial charge >= 0.3 is 0 Å². The van der Waals surface area contributed by atoms with Gasteiger partial charge in [-0.15, -0.1) is 0 Å². The number of amides is 2. The molecule has 0 atom stereocenters. The third kappa shape index (κ3) is 7.69. The van der Waals surface area contributed by atoms with Crippen molar-refractivity contribution >= 4 is 33.7 Å². The fraction of sp³-hybridized carbons (Fsp3) is 0.348. The van der Waals surface area contributed by atoms with E-state index < -0.39 is 22.5 Å². The summed E-state index contributed by atoms with van der Waals surface area (Å²) in [7, 11) is -2.33. The number of hydrogen-bond donors (Lipinski definition) is 1. The van der Waals surface area contributed by atoms with Gasteiger partial charge in [0.15, 0.2) is 6.61 Å². The average molecular weight is 505 g/mol. The van der Waals surface area contributed by atoms with Crippen LogP contribution in [0.1, 0.15) is 5.56 Å². The normalized spacial score (nSPS) is 13.9. The molecule has 2 aromatic rings. The smallest absolute Gasteiger partial charge is 0.260 e. The van der Waals surface area contributed by atoms with Crippen molar-refractivity contribution in [2.75, 3.05) is 57.1 Å². The van der Waals surface area contributed by atoms with E-state index in [1.165, 1.54) is 13.3 Å². The lowest BCUT2D eigenvalue weighted by Crippen LogP contribution is -2.42. The maximum Gasteiger partial charge on any atom is 0.260 e. The van der Waals surface area contributed by atoms with Gasteiger partial charge in [0, 0.05) is 13.1 Å². The summed E-state index contributed by atoms with van der Waals surface area (Å²) in [6, 6.07) is 13.3. The molecule has 35 heavy (non-hydrogen) atoms. The molecular weight excluding hydrogens is 476 g/mol. The van der Waals surface area contributed by atoms with Crippen LogP contribution in [-0.4, -0.2) is 84.2 Å². The Morgan fingerprint density at radius 2 is 1.83 bits per heavy atom. The highest BCUT2D eigenvalue weighted by Crippen LogP contribution is 2.29. The second-order valence-corrected chi connectivity index (χ2v) is 9.49. The van der Waals surface area contributed by atoms with Gasteiger partial charge < -0.3 is 19.1 Å². The van der Waals surface area contributed by atoms with Crippen molar-refractivity contribution in [2.45, 2.75) is 0 Å². The summed E-state index contributed by atoms with van der Waals surface area (Å²) in [4.78, 5) is 26.2. The molecule has 0 unspecified atom stereocenters. The van der Waals surface area contributed by atoms with Gasteiger partial charge in [-0.2, -0.15) is 5.10 Å². The molecule has 0 spiro atoms. The Morgan fingerprint density at radius 3 is 2.49 bits per heavy atom. The number of benzene rings is 2. The maximum absolute atomic E-state index is 12.4. The number of morpholine rings is 1. The molecule has 1 heterocycles. The van der Waals surface area contributed by atoms with Crippen LogP contribution in [0.15, 0.2) is 53.6 Å². The summed E-state index contributed by atoms with van der Waals surface area (Å²) in [5.74, 6) is 0.119. The maximum atomic E-state index is 12.4. The van der Waals surface area contributed by atoms with Gasteiger partial charge in [0.2, 0.25) is 10.0 Å². The molecule has 1 aliphatic rings. The number of nitrogens with one attached hydrogen (secondary N) is 1. The van der Waals surface area contributed by atoms with E-state index >= 15 is 0 Å². The van der Waals surface area contributed by atoms with E-state index in [0.717, 1.165) is 10.6 Å². The first kappa shape index (κ1) is 26.0. The lowest BCUT2D eigenvalue weighted by Gasteiger charge is -2.26. The van der Waals surface area contributed by atoms with E-state index in [9.17, 15) is 18.0 Å². The average Bonchev–Trinajstić information content (AvgIpc) is 2.86. The van der Waals surface area contributed by atoms with E-state index in [1.54, 1.807) is 53.4 Å². The van der Waals surface area contributed by atoms with Gasteiger partial charge in [-0.1, -0.05) is 12.1 Å². The molecule has 0 aliphatic carbocycles. The van der Waals surface area contributed by atoms with E-state index in [-0.39, 0.29) is 18.2 Å². The Hall–Kier alpha value is -3.64. The number of carbonyl (C=O) groups is 2. The molecule has 0 radical (unpaired) electrons. The summed E-state index contributed by atoms with van der Waals surface area (Å²) in [6.45, 7) is 1.65. The molecule has 2 amide bonds. The third-order valence-corrected chi connectivity index (χ3v) is 6.18. The quantitative estimate of drug-likeness (QED) is 0.375. The number of carbonyl (C=O) groups excluding carboxylic acids is 2. The SMILES string of the molecule is COc1ccccc1N(CC(=O)N/N=C\c1ccc(OCC(=O)N2CCOCC2)cc1)S(C)(=O)=O. The Bertz CT molecular complexity index is 1150. The lowest BCUT2D eigenvalue weighted by molar-refractivity contribution is -0.137. The lowest BCUT2D eigenvalue weighted by atomic mass is 10.2. The van der Waals surface area contributed by atoms with Crippen molar-refractivity contribution in [1.29, 1.82) is 0 Å².